The van der Waals surface area contributed by atoms with Gasteiger partial charge in [0, 0.05) is 12.1 Å². The van der Waals surface area contributed by atoms with E-state index in [0.717, 1.165) is 43.5 Å². The van der Waals surface area contributed by atoms with Crippen LogP contribution in [0.2, 0.25) is 0 Å². The third kappa shape index (κ3) is 6.46. The molecule has 0 fully saturated rings. The van der Waals surface area contributed by atoms with E-state index in [4.69, 9.17) is 5.26 Å². The molecule has 0 unspecified atom stereocenters. The van der Waals surface area contributed by atoms with Crippen LogP contribution in [0.25, 0.3) is 0 Å². The second-order valence-corrected chi connectivity index (χ2v) is 8.15. The molecule has 0 spiro atoms. The van der Waals surface area contributed by atoms with Crippen LogP contribution in [0, 0.1) is 22.7 Å². The number of carbonyl (C=O) groups excluding carboxylic acids is 1. The van der Waals surface area contributed by atoms with Gasteiger partial charge in [-0.1, -0.05) is 56.7 Å². The van der Waals surface area contributed by atoms with Gasteiger partial charge in [0.05, 0.1) is 29.0 Å². The molecule has 0 aromatic heterocycles. The molecule has 32 heavy (non-hydrogen) atoms. The summed E-state index contributed by atoms with van der Waals surface area (Å²) in [6, 6.07) is 21.1. The monoisotopic (exact) mass is 426 g/mol. The number of allylic oxidation sites excluding steroid dienone is 1. The Balaban J connectivity index is 2.04. The summed E-state index contributed by atoms with van der Waals surface area (Å²) in [5.74, 6) is 0.502. The topological polar surface area (TPSA) is 79.9 Å². The third-order valence-corrected chi connectivity index (χ3v) is 5.75. The van der Waals surface area contributed by atoms with E-state index in [0.29, 0.717) is 29.8 Å². The fourth-order valence-electron chi connectivity index (χ4n) is 3.98. The first-order valence-corrected chi connectivity index (χ1v) is 11.5. The van der Waals surface area contributed by atoms with Crippen molar-refractivity contribution in [3.63, 3.8) is 0 Å². The summed E-state index contributed by atoms with van der Waals surface area (Å²) in [4.78, 5) is 15.1. The first kappa shape index (κ1) is 23.1. The van der Waals surface area contributed by atoms with Gasteiger partial charge in [0.15, 0.2) is 0 Å². The van der Waals surface area contributed by atoms with Crippen LogP contribution in [0.4, 0.5) is 11.4 Å². The molecule has 1 aliphatic heterocycles. The van der Waals surface area contributed by atoms with Gasteiger partial charge >= 0.3 is 0 Å². The number of carbonyl (C=O) groups is 1. The van der Waals surface area contributed by atoms with Crippen LogP contribution >= 0.6 is 0 Å². The van der Waals surface area contributed by atoms with Crippen molar-refractivity contribution >= 4 is 17.3 Å². The summed E-state index contributed by atoms with van der Waals surface area (Å²) in [5.41, 5.74) is 2.62. The van der Waals surface area contributed by atoms with Gasteiger partial charge in [0.25, 0.3) is 0 Å². The van der Waals surface area contributed by atoms with E-state index in [1.807, 2.05) is 30.3 Å². The summed E-state index contributed by atoms with van der Waals surface area (Å²) in [6.07, 6.45) is 9.70. The van der Waals surface area contributed by atoms with Crippen molar-refractivity contribution in [3.8, 4) is 12.1 Å². The molecule has 3 rings (SSSR count). The number of hydrogen-bond acceptors (Lipinski definition) is 4. The lowest BCUT2D eigenvalue weighted by Crippen LogP contribution is -2.34. The molecule has 0 saturated heterocycles. The molecular weight excluding hydrogens is 396 g/mol. The third-order valence-electron chi connectivity index (χ3n) is 5.75. The molecule has 1 N–H and O–H groups in total. The highest BCUT2D eigenvalue weighted by Crippen LogP contribution is 2.27. The smallest absolute Gasteiger partial charge is 0.232 e. The molecule has 5 nitrogen and oxygen atoms in total. The van der Waals surface area contributed by atoms with Gasteiger partial charge in [-0.25, -0.2) is 0 Å². The minimum absolute atomic E-state index is 0.0165. The molecule has 0 saturated carbocycles. The van der Waals surface area contributed by atoms with Gasteiger partial charge in [0.1, 0.15) is 5.82 Å². The maximum atomic E-state index is 13.4. The molecule has 0 aliphatic carbocycles. The van der Waals surface area contributed by atoms with E-state index < -0.39 is 0 Å². The molecule has 1 aliphatic rings. The summed E-state index contributed by atoms with van der Waals surface area (Å²) >= 11 is 0. The van der Waals surface area contributed by atoms with Crippen molar-refractivity contribution in [2.45, 2.75) is 64.2 Å². The van der Waals surface area contributed by atoms with Crippen LogP contribution in [-0.2, 0) is 4.79 Å². The van der Waals surface area contributed by atoms with E-state index in [1.54, 1.807) is 29.2 Å². The number of nitrogens with zero attached hydrogens (tertiary/aromatic N) is 3. The van der Waals surface area contributed by atoms with Crippen molar-refractivity contribution in [2.75, 3.05) is 10.2 Å². The van der Waals surface area contributed by atoms with Crippen molar-refractivity contribution < 1.29 is 4.79 Å². The Morgan fingerprint density at radius 3 is 1.91 bits per heavy atom. The van der Waals surface area contributed by atoms with Gasteiger partial charge in [0.2, 0.25) is 5.91 Å². The number of nitriles is 2. The van der Waals surface area contributed by atoms with Crippen molar-refractivity contribution in [3.05, 3.63) is 71.6 Å². The van der Waals surface area contributed by atoms with Crippen LogP contribution < -0.4 is 10.2 Å². The highest BCUT2D eigenvalue weighted by Gasteiger charge is 2.24. The summed E-state index contributed by atoms with van der Waals surface area (Å²) < 4.78 is 0. The average Bonchev–Trinajstić information content (AvgIpc) is 2.83. The quantitative estimate of drug-likeness (QED) is 0.595. The van der Waals surface area contributed by atoms with Crippen molar-refractivity contribution in [1.82, 2.24) is 0 Å². The standard InChI is InChI=1S/C27H30N4O/c28-20-22-16-18-24(19-17-22)30-27-23(21-29)12-8-5-3-1-2-4-6-11-15-26(32)31(27)25-13-9-7-10-14-25/h7,9-10,13-14,16-19,30H,1-6,8,11-12,15H2. The first-order chi connectivity index (χ1) is 15.7. The van der Waals surface area contributed by atoms with Crippen LogP contribution in [-0.4, -0.2) is 5.91 Å². The highest BCUT2D eigenvalue weighted by atomic mass is 16.2. The van der Waals surface area contributed by atoms with E-state index in [1.165, 1.54) is 19.3 Å². The Bertz CT molecular complexity index is 997. The zero-order valence-corrected chi connectivity index (χ0v) is 18.5. The average molecular weight is 427 g/mol. The lowest BCUT2D eigenvalue weighted by Gasteiger charge is -2.28. The lowest BCUT2D eigenvalue weighted by atomic mass is 10.0. The van der Waals surface area contributed by atoms with Crippen LogP contribution in [0.1, 0.15) is 69.8 Å². The molecule has 164 valence electrons. The predicted octanol–water partition coefficient (Wildman–Crippen LogP) is 6.65. The lowest BCUT2D eigenvalue weighted by molar-refractivity contribution is -0.118. The molecule has 2 aromatic carbocycles. The van der Waals surface area contributed by atoms with Crippen LogP contribution in [0.15, 0.2) is 66.0 Å². The maximum Gasteiger partial charge on any atom is 0.232 e. The highest BCUT2D eigenvalue weighted by molar-refractivity contribution is 5.97. The van der Waals surface area contributed by atoms with Crippen LogP contribution in [0.3, 0.4) is 0 Å². The molecule has 0 atom stereocenters. The SMILES string of the molecule is N#CC1=C(Nc2ccc(C#N)cc2)N(c2ccccc2)C(=O)CCCCCCCCCC1. The molecule has 0 bridgehead atoms. The number of amides is 1. The van der Waals surface area contributed by atoms with E-state index in [9.17, 15) is 10.1 Å². The van der Waals surface area contributed by atoms with E-state index in [-0.39, 0.29) is 5.91 Å². The molecule has 5 heteroatoms. The van der Waals surface area contributed by atoms with E-state index >= 15 is 0 Å². The first-order valence-electron chi connectivity index (χ1n) is 11.5. The maximum absolute atomic E-state index is 13.4. The summed E-state index contributed by atoms with van der Waals surface area (Å²) in [6.45, 7) is 0. The van der Waals surface area contributed by atoms with E-state index in [2.05, 4.69) is 17.5 Å². The van der Waals surface area contributed by atoms with Gasteiger partial charge in [-0.3, -0.25) is 9.69 Å². The fraction of sp³-hybridized carbons (Fsp3) is 0.370. The fourth-order valence-corrected chi connectivity index (χ4v) is 3.98. The molecular formula is C27H30N4O. The number of nitrogens with one attached hydrogen (secondary N) is 1. The number of hydrogen-bond donors (Lipinski definition) is 1. The summed E-state index contributed by atoms with van der Waals surface area (Å²) in [7, 11) is 0. The van der Waals surface area contributed by atoms with Crippen molar-refractivity contribution in [2.24, 2.45) is 0 Å². The Hall–Kier alpha value is -3.57. The second-order valence-electron chi connectivity index (χ2n) is 8.15. The van der Waals surface area contributed by atoms with Gasteiger partial charge in [-0.2, -0.15) is 10.5 Å². The van der Waals surface area contributed by atoms with Crippen LogP contribution in [0.5, 0.6) is 0 Å². The predicted molar refractivity (Wildman–Crippen MR) is 128 cm³/mol. The minimum Gasteiger partial charge on any atom is -0.340 e. The Morgan fingerprint density at radius 2 is 1.31 bits per heavy atom. The second kappa shape index (κ2) is 12.3. The molecule has 1 amide bonds. The largest absolute Gasteiger partial charge is 0.340 e. The Kier molecular flexibility index (Phi) is 8.90. The molecule has 1 heterocycles. The molecule has 0 radical (unpaired) electrons. The Morgan fingerprint density at radius 1 is 0.719 bits per heavy atom. The number of benzene rings is 2. The van der Waals surface area contributed by atoms with Gasteiger partial charge in [-0.05, 0) is 55.7 Å². The number of rotatable bonds is 3. The Labute approximate surface area is 191 Å². The zero-order chi connectivity index (χ0) is 22.6. The number of anilines is 2. The zero-order valence-electron chi connectivity index (χ0n) is 18.5. The van der Waals surface area contributed by atoms with Crippen molar-refractivity contribution in [1.29, 1.82) is 10.5 Å². The molecule has 2 aromatic rings. The van der Waals surface area contributed by atoms with Gasteiger partial charge < -0.3 is 5.32 Å². The van der Waals surface area contributed by atoms with Gasteiger partial charge in [-0.15, -0.1) is 0 Å². The normalized spacial score (nSPS) is 16.6. The number of para-hydroxylation sites is 1. The summed E-state index contributed by atoms with van der Waals surface area (Å²) in [5, 5.41) is 22.5. The minimum atomic E-state index is -0.0165.